The summed E-state index contributed by atoms with van der Waals surface area (Å²) < 4.78 is 0. The van der Waals surface area contributed by atoms with Crippen molar-refractivity contribution in [2.45, 2.75) is 39.2 Å². The van der Waals surface area contributed by atoms with E-state index in [9.17, 15) is 4.79 Å². The minimum absolute atomic E-state index is 0.0187. The van der Waals surface area contributed by atoms with Crippen molar-refractivity contribution in [2.75, 3.05) is 13.1 Å². The lowest BCUT2D eigenvalue weighted by Gasteiger charge is -2.10. The molecule has 1 aromatic rings. The Bertz CT molecular complexity index is 445. The van der Waals surface area contributed by atoms with Crippen LogP contribution in [0.3, 0.4) is 0 Å². The lowest BCUT2D eigenvalue weighted by Crippen LogP contribution is -2.34. The van der Waals surface area contributed by atoms with Crippen molar-refractivity contribution in [3.8, 4) is 0 Å². The lowest BCUT2D eigenvalue weighted by atomic mass is 10.1. The normalized spacial score (nSPS) is 12.8. The lowest BCUT2D eigenvalue weighted by molar-refractivity contribution is -0.121. The van der Waals surface area contributed by atoms with Gasteiger partial charge in [-0.25, -0.2) is 0 Å². The molecule has 0 saturated carbocycles. The van der Waals surface area contributed by atoms with Crippen LogP contribution in [0.15, 0.2) is 35.3 Å². The Labute approximate surface area is 127 Å². The summed E-state index contributed by atoms with van der Waals surface area (Å²) in [4.78, 5) is 15.7. The van der Waals surface area contributed by atoms with E-state index >= 15 is 0 Å². The molecule has 0 aromatic heterocycles. The summed E-state index contributed by atoms with van der Waals surface area (Å²) in [6.07, 6.45) is 2.19. The molecule has 0 saturated heterocycles. The summed E-state index contributed by atoms with van der Waals surface area (Å²) in [7, 11) is 0. The summed E-state index contributed by atoms with van der Waals surface area (Å²) in [5, 5.41) is 5.95. The highest BCUT2D eigenvalue weighted by atomic mass is 16.1. The third-order valence-electron chi connectivity index (χ3n) is 3.20. The highest BCUT2D eigenvalue weighted by Crippen LogP contribution is 1.97. The van der Waals surface area contributed by atoms with E-state index < -0.39 is 0 Å². The molecule has 0 heterocycles. The van der Waals surface area contributed by atoms with E-state index in [2.05, 4.69) is 27.8 Å². The fourth-order valence-electron chi connectivity index (χ4n) is 1.76. The molecule has 116 valence electrons. The van der Waals surface area contributed by atoms with Crippen LogP contribution in [-0.4, -0.2) is 31.0 Å². The maximum absolute atomic E-state index is 11.6. The highest BCUT2D eigenvalue weighted by molar-refractivity contribution is 5.79. The number of benzene rings is 1. The maximum atomic E-state index is 11.6. The Morgan fingerprint density at radius 2 is 2.05 bits per heavy atom. The number of amides is 1. The van der Waals surface area contributed by atoms with Crippen LogP contribution >= 0.6 is 0 Å². The maximum Gasteiger partial charge on any atom is 0.222 e. The topological polar surface area (TPSA) is 79.5 Å². The Balaban J connectivity index is 2.17. The first-order valence-corrected chi connectivity index (χ1v) is 7.49. The van der Waals surface area contributed by atoms with Crippen LogP contribution in [0.5, 0.6) is 0 Å². The van der Waals surface area contributed by atoms with Crippen LogP contribution in [0.4, 0.5) is 0 Å². The standard InChI is InChI=1S/C16H26N4O/c1-3-13(2)20-15(21)10-12-19-16(17)18-11-9-14-7-5-4-6-8-14/h4-8,13H,3,9-12H2,1-2H3,(H,20,21)(H3,17,18,19). The number of nitrogens with two attached hydrogens (primary N) is 1. The third kappa shape index (κ3) is 7.97. The molecule has 0 fully saturated rings. The Morgan fingerprint density at radius 1 is 1.33 bits per heavy atom. The molecule has 1 amide bonds. The van der Waals surface area contributed by atoms with Crippen molar-refractivity contribution >= 4 is 11.9 Å². The second-order valence-electron chi connectivity index (χ2n) is 5.06. The fraction of sp³-hybridized carbons (Fsp3) is 0.500. The van der Waals surface area contributed by atoms with Gasteiger partial charge in [-0.15, -0.1) is 0 Å². The van der Waals surface area contributed by atoms with Gasteiger partial charge in [0.25, 0.3) is 0 Å². The van der Waals surface area contributed by atoms with Crippen molar-refractivity contribution in [1.29, 1.82) is 0 Å². The Kier molecular flexibility index (Phi) is 7.94. The van der Waals surface area contributed by atoms with Crippen LogP contribution in [0, 0.1) is 0 Å². The van der Waals surface area contributed by atoms with Crippen LogP contribution in [0.1, 0.15) is 32.3 Å². The molecular weight excluding hydrogens is 264 g/mol. The van der Waals surface area contributed by atoms with Crippen molar-refractivity contribution in [3.63, 3.8) is 0 Å². The molecule has 1 unspecified atom stereocenters. The van der Waals surface area contributed by atoms with E-state index in [1.807, 2.05) is 32.0 Å². The van der Waals surface area contributed by atoms with Crippen LogP contribution in [-0.2, 0) is 11.2 Å². The molecule has 0 aliphatic heterocycles. The Morgan fingerprint density at radius 3 is 2.71 bits per heavy atom. The molecule has 0 spiro atoms. The number of aliphatic imine (C=N–C) groups is 1. The van der Waals surface area contributed by atoms with E-state index in [4.69, 9.17) is 5.73 Å². The zero-order valence-corrected chi connectivity index (χ0v) is 12.9. The fourth-order valence-corrected chi connectivity index (χ4v) is 1.76. The van der Waals surface area contributed by atoms with Crippen LogP contribution < -0.4 is 16.4 Å². The van der Waals surface area contributed by atoms with Crippen molar-refractivity contribution in [2.24, 2.45) is 10.7 Å². The monoisotopic (exact) mass is 290 g/mol. The molecule has 0 bridgehead atoms. The predicted molar refractivity (Wildman–Crippen MR) is 87.2 cm³/mol. The summed E-state index contributed by atoms with van der Waals surface area (Å²) in [6, 6.07) is 10.4. The number of nitrogens with zero attached hydrogens (tertiary/aromatic N) is 1. The van der Waals surface area contributed by atoms with Gasteiger partial charge in [0.1, 0.15) is 0 Å². The van der Waals surface area contributed by atoms with Gasteiger partial charge in [0.05, 0.1) is 6.54 Å². The smallest absolute Gasteiger partial charge is 0.222 e. The first kappa shape index (κ1) is 17.0. The number of nitrogens with one attached hydrogen (secondary N) is 2. The number of hydrogen-bond acceptors (Lipinski definition) is 2. The number of rotatable bonds is 8. The molecular formula is C16H26N4O. The second-order valence-corrected chi connectivity index (χ2v) is 5.06. The van der Waals surface area contributed by atoms with Crippen LogP contribution in [0.2, 0.25) is 0 Å². The number of guanidine groups is 1. The first-order chi connectivity index (χ1) is 10.1. The highest BCUT2D eigenvalue weighted by Gasteiger charge is 2.04. The predicted octanol–water partition coefficient (Wildman–Crippen LogP) is 1.44. The zero-order chi connectivity index (χ0) is 15.5. The van der Waals surface area contributed by atoms with E-state index in [1.165, 1.54) is 5.56 Å². The largest absolute Gasteiger partial charge is 0.370 e. The van der Waals surface area contributed by atoms with Gasteiger partial charge in [0.2, 0.25) is 5.91 Å². The van der Waals surface area contributed by atoms with Gasteiger partial charge in [0, 0.05) is 19.0 Å². The van der Waals surface area contributed by atoms with Crippen molar-refractivity contribution < 1.29 is 4.79 Å². The van der Waals surface area contributed by atoms with Gasteiger partial charge in [-0.05, 0) is 25.3 Å². The molecule has 4 N–H and O–H groups in total. The molecule has 1 aromatic carbocycles. The molecule has 0 radical (unpaired) electrons. The van der Waals surface area contributed by atoms with Gasteiger partial charge in [0.15, 0.2) is 5.96 Å². The van der Waals surface area contributed by atoms with Crippen molar-refractivity contribution in [1.82, 2.24) is 10.6 Å². The number of carbonyl (C=O) groups excluding carboxylic acids is 1. The molecule has 0 aliphatic rings. The Hall–Kier alpha value is -2.04. The van der Waals surface area contributed by atoms with Gasteiger partial charge in [-0.1, -0.05) is 37.3 Å². The van der Waals surface area contributed by atoms with E-state index in [0.717, 1.165) is 19.4 Å². The average molecular weight is 290 g/mol. The van der Waals surface area contributed by atoms with E-state index in [1.54, 1.807) is 0 Å². The van der Waals surface area contributed by atoms with Gasteiger partial charge >= 0.3 is 0 Å². The summed E-state index contributed by atoms with van der Waals surface area (Å²) in [5.74, 6) is 0.410. The summed E-state index contributed by atoms with van der Waals surface area (Å²) >= 11 is 0. The number of carbonyl (C=O) groups is 1. The van der Waals surface area contributed by atoms with Gasteiger partial charge in [-0.3, -0.25) is 9.79 Å². The van der Waals surface area contributed by atoms with Crippen LogP contribution in [0.25, 0.3) is 0 Å². The SMILES string of the molecule is CCC(C)NC(=O)CCN=C(N)NCCc1ccccc1. The van der Waals surface area contributed by atoms with Gasteiger partial charge < -0.3 is 16.4 Å². The molecule has 0 aliphatic carbocycles. The minimum Gasteiger partial charge on any atom is -0.370 e. The zero-order valence-electron chi connectivity index (χ0n) is 12.9. The summed E-state index contributed by atoms with van der Waals surface area (Å²) in [5.41, 5.74) is 7.01. The molecule has 21 heavy (non-hydrogen) atoms. The van der Waals surface area contributed by atoms with Gasteiger partial charge in [-0.2, -0.15) is 0 Å². The van der Waals surface area contributed by atoms with E-state index in [0.29, 0.717) is 18.9 Å². The molecule has 5 heteroatoms. The summed E-state index contributed by atoms with van der Waals surface area (Å²) in [6.45, 7) is 5.17. The number of hydrogen-bond donors (Lipinski definition) is 3. The first-order valence-electron chi connectivity index (χ1n) is 7.49. The minimum atomic E-state index is 0.0187. The molecule has 1 rings (SSSR count). The van der Waals surface area contributed by atoms with E-state index in [-0.39, 0.29) is 11.9 Å². The molecule has 1 atom stereocenters. The molecule has 5 nitrogen and oxygen atoms in total. The average Bonchev–Trinajstić information content (AvgIpc) is 2.48. The van der Waals surface area contributed by atoms with Crippen molar-refractivity contribution in [3.05, 3.63) is 35.9 Å². The second kappa shape index (κ2) is 9.80. The quantitative estimate of drug-likeness (QED) is 0.500. The third-order valence-corrected chi connectivity index (χ3v) is 3.20.